The number of unbranched alkanes of at least 4 members (excludes halogenated alkanes) is 5. The first-order valence-electron chi connectivity index (χ1n) is 7.22. The van der Waals surface area contributed by atoms with E-state index in [1.54, 1.807) is 0 Å². The van der Waals surface area contributed by atoms with E-state index < -0.39 is 14.0 Å². The SMILES string of the molecule is CCCCCCCCOc1cc([N+](=O)[O-])ccc1S(=O)(=O)Cl. The van der Waals surface area contributed by atoms with Crippen LogP contribution in [0.1, 0.15) is 45.4 Å². The van der Waals surface area contributed by atoms with Crippen LogP contribution in [0.25, 0.3) is 0 Å². The van der Waals surface area contributed by atoms with Crippen LogP contribution in [0.2, 0.25) is 0 Å². The lowest BCUT2D eigenvalue weighted by Crippen LogP contribution is -2.03. The van der Waals surface area contributed by atoms with Gasteiger partial charge in [0.25, 0.3) is 14.7 Å². The monoisotopic (exact) mass is 349 g/mol. The predicted molar refractivity (Wildman–Crippen MR) is 85.0 cm³/mol. The van der Waals surface area contributed by atoms with Gasteiger partial charge in [-0.15, -0.1) is 0 Å². The Morgan fingerprint density at radius 3 is 2.41 bits per heavy atom. The van der Waals surface area contributed by atoms with Gasteiger partial charge in [0.1, 0.15) is 10.6 Å². The van der Waals surface area contributed by atoms with Crippen LogP contribution in [0.4, 0.5) is 5.69 Å². The van der Waals surface area contributed by atoms with Crippen molar-refractivity contribution in [3.8, 4) is 5.75 Å². The Morgan fingerprint density at radius 2 is 1.82 bits per heavy atom. The highest BCUT2D eigenvalue weighted by Gasteiger charge is 2.20. The molecule has 6 nitrogen and oxygen atoms in total. The molecule has 1 aromatic carbocycles. The van der Waals surface area contributed by atoms with Crippen molar-refractivity contribution in [2.45, 2.75) is 50.3 Å². The molecule has 0 spiro atoms. The maximum atomic E-state index is 11.5. The van der Waals surface area contributed by atoms with Gasteiger partial charge in [-0.05, 0) is 12.5 Å². The molecule has 0 bridgehead atoms. The minimum absolute atomic E-state index is 0.0715. The van der Waals surface area contributed by atoms with Crippen molar-refractivity contribution in [2.24, 2.45) is 0 Å². The molecule has 0 heterocycles. The molecule has 0 fully saturated rings. The van der Waals surface area contributed by atoms with Gasteiger partial charge in [-0.25, -0.2) is 8.42 Å². The number of nitrogens with zero attached hydrogens (tertiary/aromatic N) is 1. The molecule has 0 amide bonds. The smallest absolute Gasteiger partial charge is 0.273 e. The van der Waals surface area contributed by atoms with Crippen molar-refractivity contribution in [1.82, 2.24) is 0 Å². The Hall–Kier alpha value is -1.34. The zero-order valence-corrected chi connectivity index (χ0v) is 14.0. The molecular formula is C14H20ClNO5S. The summed E-state index contributed by atoms with van der Waals surface area (Å²) in [5, 5.41) is 10.8. The molecule has 22 heavy (non-hydrogen) atoms. The van der Waals surface area contributed by atoms with Crippen molar-refractivity contribution in [2.75, 3.05) is 6.61 Å². The van der Waals surface area contributed by atoms with Gasteiger partial charge in [-0.2, -0.15) is 0 Å². The van der Waals surface area contributed by atoms with Crippen LogP contribution in [0.5, 0.6) is 5.75 Å². The Kier molecular flexibility index (Phi) is 7.61. The lowest BCUT2D eigenvalue weighted by atomic mass is 10.1. The average Bonchev–Trinajstić information content (AvgIpc) is 2.45. The second-order valence-electron chi connectivity index (χ2n) is 4.94. The fraction of sp³-hybridized carbons (Fsp3) is 0.571. The molecule has 0 aliphatic carbocycles. The number of non-ortho nitro benzene ring substituents is 1. The summed E-state index contributed by atoms with van der Waals surface area (Å²) in [5.41, 5.74) is -0.234. The van der Waals surface area contributed by atoms with Gasteiger partial charge in [0.05, 0.1) is 17.6 Å². The van der Waals surface area contributed by atoms with Crippen molar-refractivity contribution in [1.29, 1.82) is 0 Å². The molecular weight excluding hydrogens is 330 g/mol. The summed E-state index contributed by atoms with van der Waals surface area (Å²) < 4.78 is 28.3. The van der Waals surface area contributed by atoms with Crippen molar-refractivity contribution >= 4 is 25.4 Å². The third kappa shape index (κ3) is 6.19. The van der Waals surface area contributed by atoms with E-state index in [0.29, 0.717) is 6.61 Å². The van der Waals surface area contributed by atoms with E-state index in [9.17, 15) is 18.5 Å². The minimum Gasteiger partial charge on any atom is -0.492 e. The molecule has 1 aromatic rings. The quantitative estimate of drug-likeness (QED) is 0.272. The van der Waals surface area contributed by atoms with Crippen LogP contribution in [-0.2, 0) is 9.05 Å². The summed E-state index contributed by atoms with van der Waals surface area (Å²) in [4.78, 5) is 9.90. The molecule has 0 aromatic heterocycles. The molecule has 0 aliphatic heterocycles. The molecule has 1 rings (SSSR count). The molecule has 8 heteroatoms. The number of ether oxygens (including phenoxy) is 1. The molecule has 0 saturated carbocycles. The first-order valence-corrected chi connectivity index (χ1v) is 9.53. The number of rotatable bonds is 10. The third-order valence-corrected chi connectivity index (χ3v) is 4.52. The molecule has 0 unspecified atom stereocenters. The summed E-state index contributed by atoms with van der Waals surface area (Å²) >= 11 is 0. The fourth-order valence-corrected chi connectivity index (χ4v) is 2.96. The molecule has 124 valence electrons. The van der Waals surface area contributed by atoms with Gasteiger partial charge in [0, 0.05) is 16.7 Å². The predicted octanol–water partition coefficient (Wildman–Crippen LogP) is 4.26. The largest absolute Gasteiger partial charge is 0.492 e. The Morgan fingerprint density at radius 1 is 1.18 bits per heavy atom. The highest BCUT2D eigenvalue weighted by molar-refractivity contribution is 8.13. The zero-order valence-electron chi connectivity index (χ0n) is 12.5. The summed E-state index contributed by atoms with van der Waals surface area (Å²) in [6, 6.07) is 3.27. The van der Waals surface area contributed by atoms with Crippen molar-refractivity contribution in [3.05, 3.63) is 28.3 Å². The van der Waals surface area contributed by atoms with Crippen LogP contribution in [0.3, 0.4) is 0 Å². The van der Waals surface area contributed by atoms with Crippen LogP contribution in [-0.4, -0.2) is 19.9 Å². The van der Waals surface area contributed by atoms with Crippen LogP contribution >= 0.6 is 10.7 Å². The number of benzene rings is 1. The topological polar surface area (TPSA) is 86.5 Å². The summed E-state index contributed by atoms with van der Waals surface area (Å²) in [6.07, 6.45) is 6.34. The highest BCUT2D eigenvalue weighted by Crippen LogP contribution is 2.31. The summed E-state index contributed by atoms with van der Waals surface area (Å²) in [7, 11) is 1.31. The van der Waals surface area contributed by atoms with Crippen molar-refractivity contribution < 1.29 is 18.1 Å². The molecule has 0 radical (unpaired) electrons. The molecule has 0 atom stereocenters. The van der Waals surface area contributed by atoms with Gasteiger partial charge >= 0.3 is 0 Å². The summed E-state index contributed by atoms with van der Waals surface area (Å²) in [5.74, 6) is -0.0715. The number of nitro groups is 1. The van der Waals surface area contributed by atoms with Crippen LogP contribution in [0.15, 0.2) is 23.1 Å². The third-order valence-electron chi connectivity index (χ3n) is 3.16. The van der Waals surface area contributed by atoms with Gasteiger partial charge in [0.15, 0.2) is 0 Å². The van der Waals surface area contributed by atoms with Gasteiger partial charge < -0.3 is 4.74 Å². The second kappa shape index (κ2) is 8.95. The lowest BCUT2D eigenvalue weighted by Gasteiger charge is -2.09. The maximum absolute atomic E-state index is 11.5. The fourth-order valence-electron chi connectivity index (χ4n) is 1.99. The van der Waals surface area contributed by atoms with Crippen LogP contribution < -0.4 is 4.74 Å². The zero-order chi connectivity index (χ0) is 16.6. The lowest BCUT2D eigenvalue weighted by molar-refractivity contribution is -0.385. The van der Waals surface area contributed by atoms with Crippen molar-refractivity contribution in [3.63, 3.8) is 0 Å². The maximum Gasteiger partial charge on any atom is 0.273 e. The van der Waals surface area contributed by atoms with Gasteiger partial charge in [-0.1, -0.05) is 39.0 Å². The van der Waals surface area contributed by atoms with E-state index in [-0.39, 0.29) is 16.3 Å². The van der Waals surface area contributed by atoms with E-state index in [1.165, 1.54) is 12.8 Å². The number of hydrogen-bond acceptors (Lipinski definition) is 5. The summed E-state index contributed by atoms with van der Waals surface area (Å²) in [6.45, 7) is 2.44. The first kappa shape index (κ1) is 18.7. The first-order chi connectivity index (χ1) is 10.4. The minimum atomic E-state index is -4.01. The van der Waals surface area contributed by atoms with Gasteiger partial charge in [-0.3, -0.25) is 10.1 Å². The Balaban J connectivity index is 2.67. The Labute approximate surface area is 135 Å². The number of halogens is 1. The standard InChI is InChI=1S/C14H20ClNO5S/c1-2-3-4-5-6-7-10-21-13-11-12(16(17)18)8-9-14(13)22(15,19)20/h8-9,11H,2-7,10H2,1H3. The van der Waals surface area contributed by atoms with E-state index in [4.69, 9.17) is 15.4 Å². The average molecular weight is 350 g/mol. The van der Waals surface area contributed by atoms with E-state index in [0.717, 1.165) is 43.9 Å². The van der Waals surface area contributed by atoms with Crippen LogP contribution in [0, 0.1) is 10.1 Å². The molecule has 0 N–H and O–H groups in total. The van der Waals surface area contributed by atoms with E-state index >= 15 is 0 Å². The molecule has 0 aliphatic rings. The molecule has 0 saturated heterocycles. The highest BCUT2D eigenvalue weighted by atomic mass is 35.7. The number of hydrogen-bond donors (Lipinski definition) is 0. The van der Waals surface area contributed by atoms with E-state index in [1.807, 2.05) is 0 Å². The van der Waals surface area contributed by atoms with Gasteiger partial charge in [0.2, 0.25) is 0 Å². The number of nitro benzene ring substituents is 1. The Bertz CT molecular complexity index is 603. The normalized spacial score (nSPS) is 11.4. The second-order valence-corrected chi connectivity index (χ2v) is 7.48. The van der Waals surface area contributed by atoms with E-state index in [2.05, 4.69) is 6.92 Å².